The number of aliphatic imine (C=N–C) groups is 1. The van der Waals surface area contributed by atoms with Gasteiger partial charge in [0.05, 0.1) is 12.2 Å². The summed E-state index contributed by atoms with van der Waals surface area (Å²) in [6.07, 6.45) is 4.16. The monoisotopic (exact) mass is 425 g/mol. The topological polar surface area (TPSA) is 54.2 Å². The van der Waals surface area contributed by atoms with Crippen LogP contribution < -0.4 is 10.6 Å². The van der Waals surface area contributed by atoms with Crippen molar-refractivity contribution in [1.29, 1.82) is 0 Å². The summed E-state index contributed by atoms with van der Waals surface area (Å²) in [5.41, 5.74) is 2.55. The fraction of sp³-hybridized carbons (Fsp3) is 0.412. The number of halogens is 1. The fourth-order valence-corrected chi connectivity index (χ4v) is 2.69. The Bertz CT molecular complexity index is 637. The van der Waals surface area contributed by atoms with Gasteiger partial charge in [-0.05, 0) is 30.4 Å². The Balaban J connectivity index is 0.00000192. The highest BCUT2D eigenvalue weighted by Gasteiger charge is 2.37. The Morgan fingerprint density at radius 3 is 2.74 bits per heavy atom. The molecule has 0 saturated heterocycles. The summed E-state index contributed by atoms with van der Waals surface area (Å²) in [5.74, 6) is 1.57. The molecule has 3 rings (SSSR count). The predicted molar refractivity (Wildman–Crippen MR) is 104 cm³/mol. The summed E-state index contributed by atoms with van der Waals surface area (Å²) >= 11 is 0. The van der Waals surface area contributed by atoms with E-state index in [4.69, 9.17) is 0 Å². The summed E-state index contributed by atoms with van der Waals surface area (Å²) in [6.45, 7) is 0.728. The smallest absolute Gasteiger partial charge is 0.191 e. The van der Waals surface area contributed by atoms with Gasteiger partial charge in [0.15, 0.2) is 5.96 Å². The second-order valence-corrected chi connectivity index (χ2v) is 5.81. The normalized spacial score (nSPS) is 19.8. The van der Waals surface area contributed by atoms with Gasteiger partial charge < -0.3 is 10.6 Å². The van der Waals surface area contributed by atoms with E-state index in [1.54, 1.807) is 0 Å². The zero-order valence-corrected chi connectivity index (χ0v) is 15.9. The molecule has 1 aromatic heterocycles. The maximum atomic E-state index is 4.30. The van der Waals surface area contributed by atoms with Crippen molar-refractivity contribution in [2.75, 3.05) is 7.05 Å². The zero-order chi connectivity index (χ0) is 15.4. The van der Waals surface area contributed by atoms with Crippen molar-refractivity contribution in [2.24, 2.45) is 18.0 Å². The van der Waals surface area contributed by atoms with Crippen LogP contribution in [0.2, 0.25) is 0 Å². The van der Waals surface area contributed by atoms with Gasteiger partial charge in [0.1, 0.15) is 0 Å². The van der Waals surface area contributed by atoms with Crippen LogP contribution in [0.1, 0.15) is 17.7 Å². The van der Waals surface area contributed by atoms with Crippen LogP contribution >= 0.6 is 24.0 Å². The average molecular weight is 425 g/mol. The number of hydrogen-bond acceptors (Lipinski definition) is 2. The zero-order valence-electron chi connectivity index (χ0n) is 13.6. The molecule has 2 atom stereocenters. The number of nitrogens with one attached hydrogen (secondary N) is 2. The molecule has 1 saturated carbocycles. The Labute approximate surface area is 154 Å². The molecule has 0 amide bonds. The molecule has 2 N–H and O–H groups in total. The molecule has 1 aliphatic carbocycles. The van der Waals surface area contributed by atoms with Crippen molar-refractivity contribution in [3.05, 3.63) is 53.9 Å². The standard InChI is InChI=1S/C17H23N5.HI/c1-18-17(19-12-15-8-9-20-22(15)2)21-16-11-14(16)10-13-6-4-3-5-7-13;/h3-9,14,16H,10-12H2,1-2H3,(H2,18,19,21);1H. The van der Waals surface area contributed by atoms with Crippen molar-refractivity contribution < 1.29 is 0 Å². The minimum Gasteiger partial charge on any atom is -0.353 e. The second kappa shape index (κ2) is 8.33. The van der Waals surface area contributed by atoms with Crippen molar-refractivity contribution in [2.45, 2.75) is 25.4 Å². The molecule has 1 aliphatic rings. The first-order valence-corrected chi connectivity index (χ1v) is 7.74. The molecular formula is C17H24IN5. The molecule has 23 heavy (non-hydrogen) atoms. The summed E-state index contributed by atoms with van der Waals surface area (Å²) in [7, 11) is 3.76. The maximum Gasteiger partial charge on any atom is 0.191 e. The lowest BCUT2D eigenvalue weighted by Gasteiger charge is -2.12. The Kier molecular flexibility index (Phi) is 6.44. The van der Waals surface area contributed by atoms with Crippen LogP contribution in [0.3, 0.4) is 0 Å². The average Bonchev–Trinajstić information content (AvgIpc) is 3.13. The molecule has 1 aromatic carbocycles. The number of aromatic nitrogens is 2. The molecule has 6 heteroatoms. The molecule has 0 radical (unpaired) electrons. The molecule has 124 valence electrons. The highest BCUT2D eigenvalue weighted by molar-refractivity contribution is 14.0. The van der Waals surface area contributed by atoms with Gasteiger partial charge in [0.2, 0.25) is 0 Å². The molecule has 5 nitrogen and oxygen atoms in total. The van der Waals surface area contributed by atoms with Crippen molar-refractivity contribution >= 4 is 29.9 Å². The fourth-order valence-electron chi connectivity index (χ4n) is 2.69. The lowest BCUT2D eigenvalue weighted by atomic mass is 10.1. The van der Waals surface area contributed by atoms with Gasteiger partial charge in [0.25, 0.3) is 0 Å². The minimum absolute atomic E-state index is 0. The van der Waals surface area contributed by atoms with Crippen LogP contribution in [0, 0.1) is 5.92 Å². The molecule has 1 heterocycles. The largest absolute Gasteiger partial charge is 0.353 e. The summed E-state index contributed by atoms with van der Waals surface area (Å²) in [5, 5.41) is 11.0. The first-order chi connectivity index (χ1) is 10.8. The number of nitrogens with zero attached hydrogens (tertiary/aromatic N) is 3. The first-order valence-electron chi connectivity index (χ1n) is 7.74. The van der Waals surface area contributed by atoms with E-state index in [1.807, 2.05) is 31.0 Å². The predicted octanol–water partition coefficient (Wildman–Crippen LogP) is 2.33. The van der Waals surface area contributed by atoms with Gasteiger partial charge >= 0.3 is 0 Å². The van der Waals surface area contributed by atoms with E-state index in [1.165, 1.54) is 12.0 Å². The third kappa shape index (κ3) is 4.95. The summed E-state index contributed by atoms with van der Waals surface area (Å²) in [6, 6.07) is 13.2. The highest BCUT2D eigenvalue weighted by Crippen LogP contribution is 2.33. The molecular weight excluding hydrogens is 401 g/mol. The number of guanidine groups is 1. The Morgan fingerprint density at radius 1 is 1.30 bits per heavy atom. The van der Waals surface area contributed by atoms with Crippen molar-refractivity contribution in [3.8, 4) is 0 Å². The van der Waals surface area contributed by atoms with Crippen LogP contribution in [0.5, 0.6) is 0 Å². The molecule has 1 fully saturated rings. The summed E-state index contributed by atoms with van der Waals surface area (Å²) in [4.78, 5) is 4.30. The van der Waals surface area contributed by atoms with Crippen LogP contribution in [0.15, 0.2) is 47.6 Å². The van der Waals surface area contributed by atoms with Crippen molar-refractivity contribution in [3.63, 3.8) is 0 Å². The minimum atomic E-state index is 0. The van der Waals surface area contributed by atoms with Crippen LogP contribution in [0.4, 0.5) is 0 Å². The third-order valence-electron chi connectivity index (χ3n) is 4.17. The highest BCUT2D eigenvalue weighted by atomic mass is 127. The lowest BCUT2D eigenvalue weighted by Crippen LogP contribution is -2.39. The van der Waals surface area contributed by atoms with E-state index in [9.17, 15) is 0 Å². The Morgan fingerprint density at radius 2 is 2.09 bits per heavy atom. The lowest BCUT2D eigenvalue weighted by molar-refractivity contribution is 0.676. The number of rotatable bonds is 5. The van der Waals surface area contributed by atoms with Gasteiger partial charge in [-0.1, -0.05) is 30.3 Å². The Hall–Kier alpha value is -1.57. The number of hydrogen-bond donors (Lipinski definition) is 2. The summed E-state index contributed by atoms with van der Waals surface area (Å²) < 4.78 is 1.87. The van der Waals surface area contributed by atoms with Crippen LogP contribution in [-0.4, -0.2) is 28.8 Å². The number of aryl methyl sites for hydroxylation is 1. The van der Waals surface area contributed by atoms with Gasteiger partial charge in [-0.2, -0.15) is 5.10 Å². The molecule has 2 aromatic rings. The van der Waals surface area contributed by atoms with Gasteiger partial charge in [-0.15, -0.1) is 24.0 Å². The van der Waals surface area contributed by atoms with Gasteiger partial charge in [0, 0.05) is 26.3 Å². The van der Waals surface area contributed by atoms with E-state index < -0.39 is 0 Å². The third-order valence-corrected chi connectivity index (χ3v) is 4.17. The van der Waals surface area contributed by atoms with Crippen molar-refractivity contribution in [1.82, 2.24) is 20.4 Å². The van der Waals surface area contributed by atoms with Gasteiger partial charge in [-0.25, -0.2) is 0 Å². The van der Waals surface area contributed by atoms with E-state index in [0.717, 1.165) is 24.6 Å². The van der Waals surface area contributed by atoms with E-state index in [2.05, 4.69) is 51.1 Å². The van der Waals surface area contributed by atoms with Crippen LogP contribution in [-0.2, 0) is 20.0 Å². The first kappa shape index (κ1) is 17.8. The van der Waals surface area contributed by atoms with E-state index >= 15 is 0 Å². The quantitative estimate of drug-likeness (QED) is 0.440. The van der Waals surface area contributed by atoms with E-state index in [0.29, 0.717) is 12.0 Å². The molecule has 0 spiro atoms. The molecule has 0 bridgehead atoms. The SMILES string of the molecule is CN=C(NCc1ccnn1C)NC1CC1Cc1ccccc1.I. The molecule has 2 unspecified atom stereocenters. The second-order valence-electron chi connectivity index (χ2n) is 5.81. The van der Waals surface area contributed by atoms with Crippen LogP contribution in [0.25, 0.3) is 0 Å². The molecule has 0 aliphatic heterocycles. The van der Waals surface area contributed by atoms with E-state index in [-0.39, 0.29) is 24.0 Å². The van der Waals surface area contributed by atoms with Gasteiger partial charge in [-0.3, -0.25) is 9.67 Å². The number of benzene rings is 1. The maximum absolute atomic E-state index is 4.30.